The molecule has 0 spiro atoms. The lowest BCUT2D eigenvalue weighted by molar-refractivity contribution is -0.151. The Morgan fingerprint density at radius 1 is 0.333 bits per heavy atom. The first-order valence-corrected chi connectivity index (χ1v) is 32.5. The molecule has 36 heteroatoms. The van der Waals surface area contributed by atoms with Crippen molar-refractivity contribution in [2.24, 2.45) is 46.6 Å². The Labute approximate surface area is 602 Å². The monoisotopic (exact) mass is 1540 g/mol. The van der Waals surface area contributed by atoms with Crippen LogP contribution in [0.4, 0.5) is 70.2 Å². The van der Waals surface area contributed by atoms with E-state index in [1.165, 1.54) is 48.5 Å². The number of aromatic nitrogens is 4. The number of primary amides is 4. The minimum Gasteiger partial charge on any atom is -0.471 e. The summed E-state index contributed by atoms with van der Waals surface area (Å²) in [7, 11) is 0. The highest BCUT2D eigenvalue weighted by Crippen LogP contribution is 2.44. The molecule has 108 heavy (non-hydrogen) atoms. The fraction of sp³-hybridized carbons (Fsp3) is 0.333. The number of nitrogens with two attached hydrogens (primary N) is 4. The lowest BCUT2D eigenvalue weighted by Gasteiger charge is -2.32. The number of carbonyl (C=O) groups excluding carboxylic acids is 4. The molecular weight excluding hydrogens is 1470 g/mol. The van der Waals surface area contributed by atoms with E-state index in [1.54, 1.807) is 27.7 Å². The largest absolute Gasteiger partial charge is 0.471 e. The van der Waals surface area contributed by atoms with Crippen LogP contribution in [-0.2, 0) is 44.6 Å². The highest BCUT2D eigenvalue weighted by Gasteiger charge is 2.38. The standard InChI is InChI=1S/4C18H16F4N2O3/c4*1-8-4-12-11(10-3-2-9(19)5-13(10)20)6-14(16(23)25)24-17(12)27-15(8)7-26-18(21)22/h4*2-3,5-6,8,15,18H,4,7H2,1H3,(H2,23,25)/t2*8-,15+;2*8-,15-/m1010/s1. The normalized spacial score (nSPS) is 18.9. The van der Waals surface area contributed by atoms with E-state index < -0.39 is 121 Å². The van der Waals surface area contributed by atoms with E-state index >= 15 is 0 Å². The zero-order chi connectivity index (χ0) is 78.9. The first-order valence-electron chi connectivity index (χ1n) is 32.5. The van der Waals surface area contributed by atoms with Gasteiger partial charge in [0.25, 0.3) is 23.6 Å². The van der Waals surface area contributed by atoms with Crippen LogP contribution in [0.25, 0.3) is 44.5 Å². The van der Waals surface area contributed by atoms with E-state index in [0.717, 1.165) is 48.5 Å². The second kappa shape index (κ2) is 35.3. The van der Waals surface area contributed by atoms with Gasteiger partial charge in [-0.15, -0.1) is 0 Å². The molecule has 576 valence electrons. The predicted octanol–water partition coefficient (Wildman–Crippen LogP) is 13.2. The highest BCUT2D eigenvalue weighted by atomic mass is 19.3. The van der Waals surface area contributed by atoms with Gasteiger partial charge in [-0.3, -0.25) is 19.2 Å². The Hall–Kier alpha value is -10.7. The van der Waals surface area contributed by atoms with E-state index in [2.05, 4.69) is 38.9 Å². The average molecular weight is 1540 g/mol. The minimum atomic E-state index is -2.95. The highest BCUT2D eigenvalue weighted by molar-refractivity contribution is 5.95. The number of hydrogen-bond acceptors (Lipinski definition) is 16. The summed E-state index contributed by atoms with van der Waals surface area (Å²) < 4.78 is 249. The van der Waals surface area contributed by atoms with Gasteiger partial charge in [0.1, 0.15) is 93.7 Å². The van der Waals surface area contributed by atoms with Crippen molar-refractivity contribution in [2.75, 3.05) is 26.4 Å². The van der Waals surface area contributed by atoms with Crippen LogP contribution in [-0.4, -0.2) is 121 Å². The van der Waals surface area contributed by atoms with Gasteiger partial charge in [-0.25, -0.2) is 55.1 Å². The van der Waals surface area contributed by atoms with Crippen molar-refractivity contribution in [1.82, 2.24) is 19.9 Å². The Bertz CT molecular complexity index is 4080. The van der Waals surface area contributed by atoms with Crippen molar-refractivity contribution in [3.8, 4) is 68.0 Å². The lowest BCUT2D eigenvalue weighted by atomic mass is 9.88. The third kappa shape index (κ3) is 20.1. The quantitative estimate of drug-likeness (QED) is 0.0516. The summed E-state index contributed by atoms with van der Waals surface area (Å²) in [5.41, 5.74) is 23.6. The van der Waals surface area contributed by atoms with Crippen LogP contribution in [0, 0.1) is 70.2 Å². The lowest BCUT2D eigenvalue weighted by Crippen LogP contribution is -2.36. The molecule has 4 amide bonds. The smallest absolute Gasteiger partial charge is 0.345 e. The minimum absolute atomic E-state index is 0.00834. The van der Waals surface area contributed by atoms with Crippen LogP contribution in [0.15, 0.2) is 97.1 Å². The summed E-state index contributed by atoms with van der Waals surface area (Å²) in [5, 5.41) is 0. The second-order valence-corrected chi connectivity index (χ2v) is 25.0. The summed E-state index contributed by atoms with van der Waals surface area (Å²) in [6, 6.07) is 17.4. The van der Waals surface area contributed by atoms with Crippen molar-refractivity contribution in [3.05, 3.63) is 189 Å². The van der Waals surface area contributed by atoms with E-state index in [1.807, 2.05) is 0 Å². The molecule has 8 atom stereocenters. The zero-order valence-electron chi connectivity index (χ0n) is 56.9. The van der Waals surface area contributed by atoms with Crippen LogP contribution >= 0.6 is 0 Å². The Morgan fingerprint density at radius 2 is 0.519 bits per heavy atom. The van der Waals surface area contributed by atoms with Gasteiger partial charge in [0, 0.05) is 68.8 Å². The fourth-order valence-corrected chi connectivity index (χ4v) is 12.0. The van der Waals surface area contributed by atoms with Crippen LogP contribution < -0.4 is 41.9 Å². The third-order valence-electron chi connectivity index (χ3n) is 17.5. The number of halogens is 16. The number of rotatable bonds is 20. The maximum absolute atomic E-state index is 14.3. The van der Waals surface area contributed by atoms with Crippen molar-refractivity contribution < 1.29 is 127 Å². The maximum atomic E-state index is 14.3. The van der Waals surface area contributed by atoms with Crippen molar-refractivity contribution >= 4 is 23.6 Å². The van der Waals surface area contributed by atoms with Crippen molar-refractivity contribution in [2.45, 2.75) is 104 Å². The van der Waals surface area contributed by atoms with Crippen LogP contribution in [0.3, 0.4) is 0 Å². The van der Waals surface area contributed by atoms with E-state index in [0.29, 0.717) is 47.9 Å². The molecule has 0 aliphatic carbocycles. The number of carbonyl (C=O) groups is 4. The summed E-state index contributed by atoms with van der Waals surface area (Å²) in [6.45, 7) is -6.25. The molecule has 0 unspecified atom stereocenters. The molecule has 0 saturated carbocycles. The van der Waals surface area contributed by atoms with E-state index in [-0.39, 0.29) is 141 Å². The second-order valence-electron chi connectivity index (χ2n) is 25.0. The summed E-state index contributed by atoms with van der Waals surface area (Å²) >= 11 is 0. The Morgan fingerprint density at radius 3 is 0.676 bits per heavy atom. The molecule has 20 nitrogen and oxygen atoms in total. The van der Waals surface area contributed by atoms with Crippen LogP contribution in [0.2, 0.25) is 0 Å². The summed E-state index contributed by atoms with van der Waals surface area (Å²) in [6.07, 6.45) is -1.67. The molecule has 0 radical (unpaired) electrons. The Kier molecular flexibility index (Phi) is 26.6. The molecule has 4 aliphatic rings. The van der Waals surface area contributed by atoms with Crippen molar-refractivity contribution in [1.29, 1.82) is 0 Å². The molecule has 4 aliphatic heterocycles. The molecule has 12 rings (SSSR count). The molecule has 8 N–H and O–H groups in total. The number of fused-ring (bicyclic) bond motifs is 4. The molecule has 0 saturated heterocycles. The molecule has 4 aromatic carbocycles. The fourth-order valence-electron chi connectivity index (χ4n) is 12.0. The maximum Gasteiger partial charge on any atom is 0.345 e. The molecule has 0 fully saturated rings. The zero-order valence-corrected chi connectivity index (χ0v) is 56.9. The number of nitrogens with zero attached hydrogens (tertiary/aromatic N) is 4. The average Bonchev–Trinajstić information content (AvgIpc) is 0.787. The number of pyridine rings is 4. The van der Waals surface area contributed by atoms with Gasteiger partial charge in [0.05, 0.1) is 26.4 Å². The van der Waals surface area contributed by atoms with Gasteiger partial charge in [-0.1, -0.05) is 27.7 Å². The molecule has 8 heterocycles. The number of hydrogen-bond donors (Lipinski definition) is 4. The molecule has 8 aromatic rings. The number of alkyl halides is 8. The van der Waals surface area contributed by atoms with Gasteiger partial charge in [-0.05, 0) is 144 Å². The first-order chi connectivity index (χ1) is 51.0. The summed E-state index contributed by atoms with van der Waals surface area (Å²) in [5.74, 6) is -10.8. The van der Waals surface area contributed by atoms with Gasteiger partial charge in [-0.2, -0.15) is 35.1 Å². The van der Waals surface area contributed by atoms with E-state index in [4.69, 9.17) is 41.9 Å². The number of benzene rings is 4. The number of amides is 4. The topological polar surface area (TPSA) is 298 Å². The predicted molar refractivity (Wildman–Crippen MR) is 349 cm³/mol. The van der Waals surface area contributed by atoms with Gasteiger partial charge in [0.2, 0.25) is 23.5 Å². The number of ether oxygens (including phenoxy) is 8. The van der Waals surface area contributed by atoms with Gasteiger partial charge < -0.3 is 60.8 Å². The van der Waals surface area contributed by atoms with Crippen LogP contribution in [0.5, 0.6) is 23.5 Å². The van der Waals surface area contributed by atoms with Crippen molar-refractivity contribution in [3.63, 3.8) is 0 Å². The molecule has 4 aromatic heterocycles. The van der Waals surface area contributed by atoms with Gasteiger partial charge >= 0.3 is 26.4 Å². The summed E-state index contributed by atoms with van der Waals surface area (Å²) in [4.78, 5) is 62.5. The molecular formula is C72H64F16N8O12. The third-order valence-corrected chi connectivity index (χ3v) is 17.5. The van der Waals surface area contributed by atoms with Gasteiger partial charge in [0.15, 0.2) is 0 Å². The van der Waals surface area contributed by atoms with Crippen LogP contribution in [0.1, 0.15) is 91.9 Å². The SMILES string of the molecule is C[C@@H]1Cc2c(-c3ccc(F)cc3F)cc(C(N)=O)nc2O[C@@H]1COC(F)F.C[C@@H]1Cc2c(-c3ccc(F)cc3F)cc(C(N)=O)nc2O[C@H]1COC(F)F.C[C@H]1Cc2c(-c3ccc(F)cc3F)cc(C(N)=O)nc2O[C@@H]1COC(F)F.C[C@H]1Cc2c(-c3ccc(F)cc3F)cc(C(N)=O)nc2O[C@H]1COC(F)F. The Balaban J connectivity index is 0.000000166. The van der Waals surface area contributed by atoms with E-state index in [9.17, 15) is 89.4 Å². The molecule has 0 bridgehead atoms. The first kappa shape index (κ1) is 81.4.